The average Bonchev–Trinajstić information content (AvgIpc) is 3.22. The second kappa shape index (κ2) is 8.00. The number of phenols is 4. The number of benzene rings is 2. The van der Waals surface area contributed by atoms with Gasteiger partial charge in [0.15, 0.2) is 23.0 Å². The standard InChI is InChI=1S/C27H34N2O6/c1-26-15-27(2,19-12-21(31)24(32)16(22(19)26)13-28-3-7-34-8-4-28)23-17(14-29-5-9-35-10-6-29)25(33)20(30)11-18(23)26/h11-12,30-33H,3-10,13-15H2,1-2H3. The fourth-order valence-corrected chi connectivity index (χ4v) is 7.17. The summed E-state index contributed by atoms with van der Waals surface area (Å²) in [4.78, 5) is 4.49. The summed E-state index contributed by atoms with van der Waals surface area (Å²) in [5, 5.41) is 43.6. The highest BCUT2D eigenvalue weighted by Gasteiger charge is 2.59. The normalized spacial score (nSPS) is 28.3. The van der Waals surface area contributed by atoms with Crippen LogP contribution in [0.25, 0.3) is 0 Å². The van der Waals surface area contributed by atoms with E-state index < -0.39 is 10.8 Å². The van der Waals surface area contributed by atoms with Crippen LogP contribution in [0.3, 0.4) is 0 Å². The van der Waals surface area contributed by atoms with Gasteiger partial charge in [0.05, 0.1) is 26.4 Å². The van der Waals surface area contributed by atoms with Crippen molar-refractivity contribution in [2.24, 2.45) is 0 Å². The predicted molar refractivity (Wildman–Crippen MR) is 129 cm³/mol. The van der Waals surface area contributed by atoms with Crippen LogP contribution < -0.4 is 0 Å². The van der Waals surface area contributed by atoms with Gasteiger partial charge < -0.3 is 29.9 Å². The number of fused-ring (bicyclic) bond motifs is 8. The molecule has 2 unspecified atom stereocenters. The summed E-state index contributed by atoms with van der Waals surface area (Å²) in [5.74, 6) is -0.344. The fraction of sp³-hybridized carbons (Fsp3) is 0.556. The molecule has 0 amide bonds. The molecule has 4 N–H and O–H groups in total. The van der Waals surface area contributed by atoms with Crippen molar-refractivity contribution in [1.82, 2.24) is 9.80 Å². The van der Waals surface area contributed by atoms with Gasteiger partial charge in [0, 0.05) is 61.2 Å². The number of aromatic hydroxyl groups is 4. The van der Waals surface area contributed by atoms with Crippen LogP contribution in [-0.4, -0.2) is 82.8 Å². The smallest absolute Gasteiger partial charge is 0.162 e. The monoisotopic (exact) mass is 482 g/mol. The maximum atomic E-state index is 11.0. The van der Waals surface area contributed by atoms with Crippen molar-refractivity contribution < 1.29 is 29.9 Å². The topological polar surface area (TPSA) is 106 Å². The number of nitrogens with zero attached hydrogens (tertiary/aromatic N) is 2. The molecular weight excluding hydrogens is 448 g/mol. The Hall–Kier alpha value is -2.52. The van der Waals surface area contributed by atoms with Gasteiger partial charge in [-0.25, -0.2) is 0 Å². The van der Waals surface area contributed by atoms with Gasteiger partial charge in [-0.2, -0.15) is 0 Å². The van der Waals surface area contributed by atoms with Gasteiger partial charge in [0.2, 0.25) is 0 Å². The van der Waals surface area contributed by atoms with Gasteiger partial charge in [0.25, 0.3) is 0 Å². The van der Waals surface area contributed by atoms with E-state index in [1.165, 1.54) is 0 Å². The molecule has 2 atom stereocenters. The third kappa shape index (κ3) is 3.27. The number of hydrogen-bond acceptors (Lipinski definition) is 8. The van der Waals surface area contributed by atoms with Crippen molar-refractivity contribution in [3.05, 3.63) is 45.5 Å². The van der Waals surface area contributed by atoms with Crippen molar-refractivity contribution in [3.8, 4) is 23.0 Å². The van der Waals surface area contributed by atoms with E-state index in [0.29, 0.717) is 39.5 Å². The molecule has 2 bridgehead atoms. The van der Waals surface area contributed by atoms with E-state index >= 15 is 0 Å². The molecule has 2 heterocycles. The molecule has 2 aliphatic heterocycles. The van der Waals surface area contributed by atoms with Crippen molar-refractivity contribution in [3.63, 3.8) is 0 Å². The molecule has 0 radical (unpaired) electrons. The van der Waals surface area contributed by atoms with Crippen LogP contribution in [-0.2, 0) is 33.4 Å². The van der Waals surface area contributed by atoms with E-state index in [1.54, 1.807) is 12.1 Å². The lowest BCUT2D eigenvalue weighted by Gasteiger charge is -2.37. The highest BCUT2D eigenvalue weighted by molar-refractivity contribution is 5.75. The first kappa shape index (κ1) is 22.9. The van der Waals surface area contributed by atoms with Crippen LogP contribution in [0.5, 0.6) is 23.0 Å². The van der Waals surface area contributed by atoms with Crippen LogP contribution in [0.1, 0.15) is 53.6 Å². The Morgan fingerprint density at radius 1 is 0.686 bits per heavy atom. The number of phenolic OH excluding ortho intramolecular Hbond substituents is 4. The molecular formula is C27H34N2O6. The summed E-state index contributed by atoms with van der Waals surface area (Å²) in [7, 11) is 0. The van der Waals surface area contributed by atoms with Crippen LogP contribution >= 0.6 is 0 Å². The Bertz CT molecular complexity index is 1100. The summed E-state index contributed by atoms with van der Waals surface area (Å²) in [6.45, 7) is 11.1. The SMILES string of the molecule is CC12CC(C)(c3cc(O)c(O)c(CN4CCOCC4)c31)c1c2cc(O)c(O)c1CN1CCOCC1. The van der Waals surface area contributed by atoms with E-state index in [0.717, 1.165) is 66.0 Å². The number of hydrogen-bond donors (Lipinski definition) is 4. The summed E-state index contributed by atoms with van der Waals surface area (Å²) in [6, 6.07) is 3.42. The molecule has 0 aromatic heterocycles. The molecule has 6 rings (SSSR count). The van der Waals surface area contributed by atoms with Crippen molar-refractivity contribution in [2.75, 3.05) is 52.6 Å². The molecule has 4 aliphatic rings. The van der Waals surface area contributed by atoms with Gasteiger partial charge in [0.1, 0.15) is 0 Å². The Morgan fingerprint density at radius 3 is 1.43 bits per heavy atom. The quantitative estimate of drug-likeness (QED) is 0.493. The summed E-state index contributed by atoms with van der Waals surface area (Å²) >= 11 is 0. The Morgan fingerprint density at radius 2 is 1.06 bits per heavy atom. The number of rotatable bonds is 4. The molecule has 2 saturated heterocycles. The molecule has 0 spiro atoms. The molecule has 8 nitrogen and oxygen atoms in total. The van der Waals surface area contributed by atoms with E-state index in [-0.39, 0.29) is 23.0 Å². The maximum Gasteiger partial charge on any atom is 0.162 e. The van der Waals surface area contributed by atoms with Crippen LogP contribution in [0.15, 0.2) is 12.1 Å². The van der Waals surface area contributed by atoms with Crippen LogP contribution in [0.2, 0.25) is 0 Å². The molecule has 2 aliphatic carbocycles. The van der Waals surface area contributed by atoms with Crippen LogP contribution in [0.4, 0.5) is 0 Å². The van der Waals surface area contributed by atoms with Gasteiger partial charge in [-0.1, -0.05) is 13.8 Å². The lowest BCUT2D eigenvalue weighted by atomic mass is 9.70. The summed E-state index contributed by atoms with van der Waals surface area (Å²) in [5.41, 5.74) is 4.66. The van der Waals surface area contributed by atoms with E-state index in [1.807, 2.05) is 0 Å². The third-order valence-electron chi connectivity index (χ3n) is 8.73. The van der Waals surface area contributed by atoms with Crippen molar-refractivity contribution in [1.29, 1.82) is 0 Å². The van der Waals surface area contributed by atoms with E-state index in [4.69, 9.17) is 9.47 Å². The predicted octanol–water partition coefficient (Wildman–Crippen LogP) is 2.50. The Balaban J connectivity index is 1.51. The molecule has 35 heavy (non-hydrogen) atoms. The molecule has 2 aromatic carbocycles. The average molecular weight is 483 g/mol. The number of ether oxygens (including phenoxy) is 2. The first-order valence-electron chi connectivity index (χ1n) is 12.5. The minimum atomic E-state index is -0.461. The van der Waals surface area contributed by atoms with Crippen molar-refractivity contribution >= 4 is 0 Å². The third-order valence-corrected chi connectivity index (χ3v) is 8.73. The van der Waals surface area contributed by atoms with Gasteiger partial charge in [-0.05, 0) is 40.8 Å². The summed E-state index contributed by atoms with van der Waals surface area (Å²) < 4.78 is 11.0. The molecule has 188 valence electrons. The minimum Gasteiger partial charge on any atom is -0.504 e. The number of morpholine rings is 2. The van der Waals surface area contributed by atoms with E-state index in [9.17, 15) is 20.4 Å². The largest absolute Gasteiger partial charge is 0.504 e. The zero-order valence-electron chi connectivity index (χ0n) is 20.4. The van der Waals surface area contributed by atoms with E-state index in [2.05, 4.69) is 23.6 Å². The van der Waals surface area contributed by atoms with Crippen molar-refractivity contribution in [2.45, 2.75) is 44.2 Å². The Labute approximate surface area is 205 Å². The molecule has 0 saturated carbocycles. The lowest BCUT2D eigenvalue weighted by molar-refractivity contribution is 0.0335. The molecule has 2 aromatic rings. The van der Waals surface area contributed by atoms with Crippen LogP contribution in [0, 0.1) is 0 Å². The summed E-state index contributed by atoms with van der Waals surface area (Å²) in [6.07, 6.45) is 0.753. The van der Waals surface area contributed by atoms with Gasteiger partial charge >= 0.3 is 0 Å². The fourth-order valence-electron chi connectivity index (χ4n) is 7.17. The maximum absolute atomic E-state index is 11.0. The zero-order valence-corrected chi connectivity index (χ0v) is 20.4. The zero-order chi connectivity index (χ0) is 24.5. The first-order valence-corrected chi connectivity index (χ1v) is 12.5. The second-order valence-corrected chi connectivity index (χ2v) is 10.9. The molecule has 8 heteroatoms. The molecule has 2 fully saturated rings. The highest BCUT2D eigenvalue weighted by Crippen LogP contribution is 2.67. The second-order valence-electron chi connectivity index (χ2n) is 10.9. The highest BCUT2D eigenvalue weighted by atomic mass is 16.5. The lowest BCUT2D eigenvalue weighted by Crippen LogP contribution is -2.37. The van der Waals surface area contributed by atoms with Gasteiger partial charge in [-0.3, -0.25) is 9.80 Å². The first-order chi connectivity index (χ1) is 16.7. The Kier molecular flexibility index (Phi) is 5.23. The minimum absolute atomic E-state index is 0.0642. The van der Waals surface area contributed by atoms with Gasteiger partial charge in [-0.15, -0.1) is 0 Å².